The molecule has 17 heavy (non-hydrogen) atoms. The summed E-state index contributed by atoms with van der Waals surface area (Å²) in [6.07, 6.45) is 0.905. The van der Waals surface area contributed by atoms with E-state index in [0.717, 1.165) is 25.2 Å². The highest BCUT2D eigenvalue weighted by molar-refractivity contribution is 5.82. The number of hydrogen-bond acceptors (Lipinski definition) is 3. The maximum Gasteiger partial charge on any atom is 0.241 e. The molecule has 0 spiro atoms. The van der Waals surface area contributed by atoms with Gasteiger partial charge >= 0.3 is 0 Å². The van der Waals surface area contributed by atoms with Crippen LogP contribution in [0.1, 0.15) is 5.56 Å². The van der Waals surface area contributed by atoms with Gasteiger partial charge in [-0.1, -0.05) is 12.1 Å². The van der Waals surface area contributed by atoms with E-state index in [4.69, 9.17) is 5.73 Å². The molecular weight excluding hydrogens is 214 g/mol. The van der Waals surface area contributed by atoms with Crippen LogP contribution in [0.3, 0.4) is 0 Å². The molecule has 0 unspecified atom stereocenters. The van der Waals surface area contributed by atoms with Gasteiger partial charge in [-0.3, -0.25) is 4.79 Å². The van der Waals surface area contributed by atoms with Crippen molar-refractivity contribution in [3.05, 3.63) is 29.8 Å². The monoisotopic (exact) mass is 233 g/mol. The van der Waals surface area contributed by atoms with Crippen LogP contribution < -0.4 is 10.6 Å². The number of benzene rings is 1. The third-order valence-electron chi connectivity index (χ3n) is 3.19. The molecule has 1 heterocycles. The van der Waals surface area contributed by atoms with Crippen molar-refractivity contribution in [3.63, 3.8) is 0 Å². The Kier molecular flexibility index (Phi) is 3.64. The number of rotatable bonds is 3. The van der Waals surface area contributed by atoms with Crippen LogP contribution in [0.15, 0.2) is 24.3 Å². The maximum absolute atomic E-state index is 11.6. The van der Waals surface area contributed by atoms with Gasteiger partial charge in [-0.15, -0.1) is 0 Å². The van der Waals surface area contributed by atoms with Crippen molar-refractivity contribution >= 4 is 11.6 Å². The van der Waals surface area contributed by atoms with Gasteiger partial charge in [0.2, 0.25) is 5.91 Å². The van der Waals surface area contributed by atoms with Crippen LogP contribution in [-0.4, -0.2) is 44.0 Å². The maximum atomic E-state index is 11.6. The SMILES string of the molecule is CN1CCN(c2ccc(CCN)cc2)CC1=O. The lowest BCUT2D eigenvalue weighted by atomic mass is 10.1. The van der Waals surface area contributed by atoms with Crippen molar-refractivity contribution in [2.24, 2.45) is 5.73 Å². The van der Waals surface area contributed by atoms with Crippen molar-refractivity contribution < 1.29 is 4.79 Å². The third kappa shape index (κ3) is 2.77. The van der Waals surface area contributed by atoms with Crippen LogP contribution in [-0.2, 0) is 11.2 Å². The summed E-state index contributed by atoms with van der Waals surface area (Å²) in [5.74, 6) is 0.183. The zero-order chi connectivity index (χ0) is 12.3. The van der Waals surface area contributed by atoms with E-state index < -0.39 is 0 Å². The average molecular weight is 233 g/mol. The van der Waals surface area contributed by atoms with Gasteiger partial charge in [-0.05, 0) is 30.7 Å². The first kappa shape index (κ1) is 11.9. The Labute approximate surface area is 102 Å². The topological polar surface area (TPSA) is 49.6 Å². The van der Waals surface area contributed by atoms with Crippen LogP contribution >= 0.6 is 0 Å². The lowest BCUT2D eigenvalue weighted by Crippen LogP contribution is -2.48. The van der Waals surface area contributed by atoms with Crippen LogP contribution in [0.4, 0.5) is 5.69 Å². The van der Waals surface area contributed by atoms with Crippen LogP contribution in [0.5, 0.6) is 0 Å². The normalized spacial score (nSPS) is 16.5. The Hall–Kier alpha value is -1.55. The van der Waals surface area contributed by atoms with Gasteiger partial charge in [-0.25, -0.2) is 0 Å². The molecule has 0 aliphatic carbocycles. The van der Waals surface area contributed by atoms with Crippen LogP contribution in [0, 0.1) is 0 Å². The second-order valence-electron chi connectivity index (χ2n) is 4.44. The predicted molar refractivity (Wildman–Crippen MR) is 69.1 cm³/mol. The van der Waals surface area contributed by atoms with E-state index >= 15 is 0 Å². The van der Waals surface area contributed by atoms with Crippen molar-refractivity contribution in [1.82, 2.24) is 4.90 Å². The molecule has 4 nitrogen and oxygen atoms in total. The Bertz CT molecular complexity index is 388. The third-order valence-corrected chi connectivity index (χ3v) is 3.19. The molecule has 1 aromatic rings. The number of carbonyl (C=O) groups excluding carboxylic acids is 1. The number of likely N-dealkylation sites (N-methyl/N-ethyl adjacent to an activating group) is 1. The summed E-state index contributed by atoms with van der Waals surface area (Å²) in [6.45, 7) is 2.85. The molecule has 1 aliphatic rings. The molecule has 0 bridgehead atoms. The molecule has 4 heteroatoms. The van der Waals surface area contributed by atoms with Crippen molar-refractivity contribution in [1.29, 1.82) is 0 Å². The zero-order valence-corrected chi connectivity index (χ0v) is 10.2. The van der Waals surface area contributed by atoms with Gasteiger partial charge in [0.25, 0.3) is 0 Å². The molecule has 2 N–H and O–H groups in total. The molecule has 1 fully saturated rings. The molecule has 1 aliphatic heterocycles. The number of hydrogen-bond donors (Lipinski definition) is 1. The first-order valence-corrected chi connectivity index (χ1v) is 5.98. The number of anilines is 1. The minimum Gasteiger partial charge on any atom is -0.360 e. The summed E-state index contributed by atoms with van der Waals surface area (Å²) in [7, 11) is 1.85. The quantitative estimate of drug-likeness (QED) is 0.825. The first-order valence-electron chi connectivity index (χ1n) is 5.98. The van der Waals surface area contributed by atoms with E-state index in [2.05, 4.69) is 29.2 Å². The molecule has 1 amide bonds. The predicted octanol–water partition coefficient (Wildman–Crippen LogP) is 0.466. The van der Waals surface area contributed by atoms with Gasteiger partial charge in [0.1, 0.15) is 0 Å². The van der Waals surface area contributed by atoms with E-state index in [-0.39, 0.29) is 5.91 Å². The summed E-state index contributed by atoms with van der Waals surface area (Å²) in [6, 6.07) is 8.32. The summed E-state index contributed by atoms with van der Waals surface area (Å²) in [4.78, 5) is 15.5. The van der Waals surface area contributed by atoms with E-state index in [1.807, 2.05) is 7.05 Å². The highest BCUT2D eigenvalue weighted by Crippen LogP contribution is 2.17. The zero-order valence-electron chi connectivity index (χ0n) is 10.2. The molecule has 2 rings (SSSR count). The molecule has 0 atom stereocenters. The second kappa shape index (κ2) is 5.19. The fraction of sp³-hybridized carbons (Fsp3) is 0.462. The van der Waals surface area contributed by atoms with Crippen molar-refractivity contribution in [2.75, 3.05) is 38.1 Å². The Morgan fingerprint density at radius 1 is 1.24 bits per heavy atom. The molecule has 1 aromatic carbocycles. The van der Waals surface area contributed by atoms with Crippen LogP contribution in [0.2, 0.25) is 0 Å². The number of amides is 1. The highest BCUT2D eigenvalue weighted by Gasteiger charge is 2.20. The number of carbonyl (C=O) groups is 1. The fourth-order valence-electron chi connectivity index (χ4n) is 2.02. The van der Waals surface area contributed by atoms with Crippen molar-refractivity contribution in [2.45, 2.75) is 6.42 Å². The standard InChI is InChI=1S/C13H19N3O/c1-15-8-9-16(10-13(15)17)12-4-2-11(3-5-12)6-7-14/h2-5H,6-10,14H2,1H3. The lowest BCUT2D eigenvalue weighted by Gasteiger charge is -2.33. The Morgan fingerprint density at radius 2 is 1.94 bits per heavy atom. The largest absolute Gasteiger partial charge is 0.360 e. The summed E-state index contributed by atoms with van der Waals surface area (Å²) in [5.41, 5.74) is 7.88. The van der Waals surface area contributed by atoms with Crippen LogP contribution in [0.25, 0.3) is 0 Å². The van der Waals surface area contributed by atoms with Gasteiger partial charge in [0.15, 0.2) is 0 Å². The minimum atomic E-state index is 0.183. The lowest BCUT2D eigenvalue weighted by molar-refractivity contribution is -0.129. The molecule has 0 aromatic heterocycles. The first-order chi connectivity index (χ1) is 8.20. The molecule has 92 valence electrons. The summed E-state index contributed by atoms with van der Waals surface area (Å²) in [5, 5.41) is 0. The molecule has 0 saturated carbocycles. The summed E-state index contributed by atoms with van der Waals surface area (Å²) < 4.78 is 0. The van der Waals surface area contributed by atoms with Gasteiger partial charge in [0, 0.05) is 25.8 Å². The fourth-order valence-corrected chi connectivity index (χ4v) is 2.02. The summed E-state index contributed by atoms with van der Waals surface area (Å²) >= 11 is 0. The second-order valence-corrected chi connectivity index (χ2v) is 4.44. The number of piperazine rings is 1. The number of nitrogens with two attached hydrogens (primary N) is 1. The van der Waals surface area contributed by atoms with Gasteiger partial charge < -0.3 is 15.5 Å². The van der Waals surface area contributed by atoms with Gasteiger partial charge in [-0.2, -0.15) is 0 Å². The van der Waals surface area contributed by atoms with Crippen molar-refractivity contribution in [3.8, 4) is 0 Å². The Balaban J connectivity index is 2.05. The average Bonchev–Trinajstić information content (AvgIpc) is 2.34. The minimum absolute atomic E-state index is 0.183. The van der Waals surface area contributed by atoms with E-state index in [1.54, 1.807) is 4.90 Å². The molecule has 1 saturated heterocycles. The molecular formula is C13H19N3O. The van der Waals surface area contributed by atoms with E-state index in [1.165, 1.54) is 5.56 Å². The van der Waals surface area contributed by atoms with E-state index in [0.29, 0.717) is 13.1 Å². The highest BCUT2D eigenvalue weighted by atomic mass is 16.2. The number of nitrogens with zero attached hydrogens (tertiary/aromatic N) is 2. The smallest absolute Gasteiger partial charge is 0.241 e. The van der Waals surface area contributed by atoms with E-state index in [9.17, 15) is 4.79 Å². The Morgan fingerprint density at radius 3 is 2.53 bits per heavy atom. The van der Waals surface area contributed by atoms with Gasteiger partial charge in [0.05, 0.1) is 6.54 Å². The molecule has 0 radical (unpaired) electrons.